The number of fused-ring (bicyclic) bond motifs is 1. The minimum absolute atomic E-state index is 0.156. The van der Waals surface area contributed by atoms with E-state index in [1.165, 1.54) is 31.6 Å². The highest BCUT2D eigenvalue weighted by Crippen LogP contribution is 2.24. The number of nitrogens with zero attached hydrogens (tertiary/aromatic N) is 4. The van der Waals surface area contributed by atoms with Crippen molar-refractivity contribution < 1.29 is 13.9 Å². The normalized spacial score (nSPS) is 11.6. The number of anilines is 1. The summed E-state index contributed by atoms with van der Waals surface area (Å²) < 4.78 is 20.6. The smallest absolute Gasteiger partial charge is 0.337 e. The Hall–Kier alpha value is -3.03. The number of ether oxygens (including phenoxy) is 1. The second-order valence-electron chi connectivity index (χ2n) is 6.84. The number of hydrogen-bond acceptors (Lipinski definition) is 6. The van der Waals surface area contributed by atoms with Crippen LogP contribution in [0.4, 0.5) is 10.2 Å². The molecule has 8 heteroatoms. The molecule has 0 aliphatic heterocycles. The molecule has 0 amide bonds. The van der Waals surface area contributed by atoms with Crippen molar-refractivity contribution in [1.82, 2.24) is 19.7 Å². The molecule has 0 atom stereocenters. The molecule has 2 heterocycles. The molecule has 1 aromatic carbocycles. The molecule has 0 spiro atoms. The molecule has 1 N–H and O–H groups in total. The number of rotatable bonds is 4. The first-order valence-corrected chi connectivity index (χ1v) is 8.11. The van der Waals surface area contributed by atoms with Gasteiger partial charge in [-0.1, -0.05) is 0 Å². The van der Waals surface area contributed by atoms with E-state index in [2.05, 4.69) is 25.1 Å². The highest BCUT2D eigenvalue weighted by atomic mass is 19.1. The summed E-state index contributed by atoms with van der Waals surface area (Å²) in [6.45, 7) is 6.25. The minimum Gasteiger partial charge on any atom is -0.465 e. The van der Waals surface area contributed by atoms with Crippen LogP contribution in [0.3, 0.4) is 0 Å². The molecule has 26 heavy (non-hydrogen) atoms. The number of carbonyl (C=O) groups excluding carboxylic acids is 1. The van der Waals surface area contributed by atoms with Crippen LogP contribution in [-0.2, 0) is 16.8 Å². The van der Waals surface area contributed by atoms with E-state index in [1.807, 2.05) is 25.5 Å². The van der Waals surface area contributed by atoms with Gasteiger partial charge in [-0.15, -0.1) is 0 Å². The van der Waals surface area contributed by atoms with Crippen LogP contribution in [0, 0.1) is 5.82 Å². The van der Waals surface area contributed by atoms with Crippen LogP contribution in [0.15, 0.2) is 30.7 Å². The predicted octanol–water partition coefficient (Wildman–Crippen LogP) is 3.12. The van der Waals surface area contributed by atoms with E-state index in [4.69, 9.17) is 0 Å². The van der Waals surface area contributed by atoms with Crippen LogP contribution in [0.2, 0.25) is 0 Å². The van der Waals surface area contributed by atoms with Gasteiger partial charge in [0.1, 0.15) is 18.0 Å². The average Bonchev–Trinajstić information content (AvgIpc) is 3.05. The quantitative estimate of drug-likeness (QED) is 0.723. The van der Waals surface area contributed by atoms with Gasteiger partial charge in [-0.05, 0) is 39.0 Å². The molecule has 0 unspecified atom stereocenters. The van der Waals surface area contributed by atoms with Crippen LogP contribution in [0.25, 0.3) is 11.0 Å². The molecule has 0 saturated carbocycles. The number of nitrogens with one attached hydrogen (secondary N) is 1. The highest BCUT2D eigenvalue weighted by Gasteiger charge is 2.19. The summed E-state index contributed by atoms with van der Waals surface area (Å²) in [6.07, 6.45) is 3.12. The predicted molar refractivity (Wildman–Crippen MR) is 95.4 cm³/mol. The molecule has 3 aromatic rings. The fourth-order valence-electron chi connectivity index (χ4n) is 2.61. The fraction of sp³-hybridized carbons (Fsp3) is 0.333. The maximum atomic E-state index is 14.1. The Bertz CT molecular complexity index is 962. The standard InChI is InChI=1S/C18H20FN5O2/c1-18(2,3)24-16-13(9-23-24)15(21-10-22-16)20-8-12-7-11(17(25)26-4)5-6-14(12)19/h5-7,9-10H,8H2,1-4H3,(H,20,21,22). The molecule has 0 aliphatic rings. The minimum atomic E-state index is -0.512. The van der Waals surface area contributed by atoms with Gasteiger partial charge in [0.05, 0.1) is 29.8 Å². The molecule has 0 bridgehead atoms. The first-order chi connectivity index (χ1) is 12.3. The van der Waals surface area contributed by atoms with Crippen molar-refractivity contribution in [3.63, 3.8) is 0 Å². The van der Waals surface area contributed by atoms with E-state index < -0.39 is 11.8 Å². The van der Waals surface area contributed by atoms with E-state index in [1.54, 1.807) is 6.20 Å². The molecule has 0 fully saturated rings. The molecule has 0 aliphatic carbocycles. The van der Waals surface area contributed by atoms with E-state index in [-0.39, 0.29) is 12.1 Å². The van der Waals surface area contributed by atoms with Crippen LogP contribution < -0.4 is 5.32 Å². The van der Waals surface area contributed by atoms with Gasteiger partial charge in [-0.25, -0.2) is 23.8 Å². The number of esters is 1. The lowest BCUT2D eigenvalue weighted by Gasteiger charge is -2.19. The third-order valence-electron chi connectivity index (χ3n) is 3.91. The van der Waals surface area contributed by atoms with Crippen molar-refractivity contribution in [2.45, 2.75) is 32.9 Å². The molecule has 136 valence electrons. The van der Waals surface area contributed by atoms with Gasteiger partial charge in [0, 0.05) is 12.1 Å². The number of aromatic nitrogens is 4. The van der Waals surface area contributed by atoms with Crippen molar-refractivity contribution in [3.8, 4) is 0 Å². The van der Waals surface area contributed by atoms with Crippen molar-refractivity contribution in [2.75, 3.05) is 12.4 Å². The Morgan fingerprint density at radius 1 is 1.31 bits per heavy atom. The van der Waals surface area contributed by atoms with Crippen molar-refractivity contribution in [2.24, 2.45) is 0 Å². The highest BCUT2D eigenvalue weighted by molar-refractivity contribution is 5.89. The molecule has 3 rings (SSSR count). The Labute approximate surface area is 150 Å². The first-order valence-electron chi connectivity index (χ1n) is 8.11. The molecule has 0 radical (unpaired) electrons. The topological polar surface area (TPSA) is 81.9 Å². The number of carbonyl (C=O) groups is 1. The third-order valence-corrected chi connectivity index (χ3v) is 3.91. The molecule has 2 aromatic heterocycles. The lowest BCUT2D eigenvalue weighted by molar-refractivity contribution is 0.0600. The summed E-state index contributed by atoms with van der Waals surface area (Å²) in [5.41, 5.74) is 1.09. The van der Waals surface area contributed by atoms with E-state index in [9.17, 15) is 9.18 Å². The number of benzene rings is 1. The van der Waals surface area contributed by atoms with E-state index in [0.29, 0.717) is 22.6 Å². The van der Waals surface area contributed by atoms with Gasteiger partial charge in [-0.3, -0.25) is 0 Å². The maximum absolute atomic E-state index is 14.1. The van der Waals surface area contributed by atoms with Crippen molar-refractivity contribution in [1.29, 1.82) is 0 Å². The van der Waals surface area contributed by atoms with Gasteiger partial charge >= 0.3 is 5.97 Å². The number of methoxy groups -OCH3 is 1. The van der Waals surface area contributed by atoms with Crippen molar-refractivity contribution >= 4 is 22.8 Å². The van der Waals surface area contributed by atoms with Crippen LogP contribution in [0.5, 0.6) is 0 Å². The first kappa shape index (κ1) is 17.8. The van der Waals surface area contributed by atoms with E-state index in [0.717, 1.165) is 5.39 Å². The second kappa shape index (κ2) is 6.70. The maximum Gasteiger partial charge on any atom is 0.337 e. The summed E-state index contributed by atoms with van der Waals surface area (Å²) in [5, 5.41) is 8.23. The van der Waals surface area contributed by atoms with Gasteiger partial charge in [-0.2, -0.15) is 5.10 Å². The largest absolute Gasteiger partial charge is 0.465 e. The lowest BCUT2D eigenvalue weighted by atomic mass is 10.1. The Morgan fingerprint density at radius 3 is 2.77 bits per heavy atom. The molecule has 0 saturated heterocycles. The summed E-state index contributed by atoms with van der Waals surface area (Å²) in [7, 11) is 1.29. The summed E-state index contributed by atoms with van der Waals surface area (Å²) in [5.74, 6) is -0.378. The molecular weight excluding hydrogens is 337 g/mol. The zero-order chi connectivity index (χ0) is 18.9. The Balaban J connectivity index is 1.89. The van der Waals surface area contributed by atoms with E-state index >= 15 is 0 Å². The van der Waals surface area contributed by atoms with Gasteiger partial charge in [0.15, 0.2) is 5.65 Å². The van der Waals surface area contributed by atoms with Gasteiger partial charge in [0.2, 0.25) is 0 Å². The fourth-order valence-corrected chi connectivity index (χ4v) is 2.61. The third kappa shape index (κ3) is 3.35. The Kier molecular flexibility index (Phi) is 4.58. The number of hydrogen-bond donors (Lipinski definition) is 1. The van der Waals surface area contributed by atoms with Gasteiger partial charge < -0.3 is 10.1 Å². The van der Waals surface area contributed by atoms with Crippen LogP contribution in [0.1, 0.15) is 36.7 Å². The van der Waals surface area contributed by atoms with Crippen LogP contribution >= 0.6 is 0 Å². The SMILES string of the molecule is COC(=O)c1ccc(F)c(CNc2ncnc3c2cnn3C(C)(C)C)c1. The number of halogens is 1. The second-order valence-corrected chi connectivity index (χ2v) is 6.84. The summed E-state index contributed by atoms with van der Waals surface area (Å²) in [4.78, 5) is 20.2. The lowest BCUT2D eigenvalue weighted by Crippen LogP contribution is -2.23. The van der Waals surface area contributed by atoms with Gasteiger partial charge in [0.25, 0.3) is 0 Å². The Morgan fingerprint density at radius 2 is 2.08 bits per heavy atom. The zero-order valence-electron chi connectivity index (χ0n) is 15.1. The summed E-state index contributed by atoms with van der Waals surface area (Å²) in [6, 6.07) is 4.10. The van der Waals surface area contributed by atoms with Crippen LogP contribution in [-0.4, -0.2) is 32.8 Å². The zero-order valence-corrected chi connectivity index (χ0v) is 15.1. The monoisotopic (exact) mass is 357 g/mol. The molecular formula is C18H20FN5O2. The summed E-state index contributed by atoms with van der Waals surface area (Å²) >= 11 is 0. The van der Waals surface area contributed by atoms with Crippen molar-refractivity contribution in [3.05, 3.63) is 47.7 Å². The molecule has 7 nitrogen and oxygen atoms in total. The average molecular weight is 357 g/mol.